The van der Waals surface area contributed by atoms with Crippen LogP contribution in [0.4, 0.5) is 0 Å². The molecule has 0 aliphatic heterocycles. The van der Waals surface area contributed by atoms with Crippen molar-refractivity contribution in [3.8, 4) is 0 Å². The second-order valence-electron chi connectivity index (χ2n) is 4.81. The van der Waals surface area contributed by atoms with Gasteiger partial charge in [-0.15, -0.1) is 0 Å². The van der Waals surface area contributed by atoms with E-state index in [1.165, 1.54) is 0 Å². The molecule has 0 rings (SSSR count). The molecule has 0 saturated carbocycles. The van der Waals surface area contributed by atoms with E-state index in [1.54, 1.807) is 0 Å². The van der Waals surface area contributed by atoms with Crippen LogP contribution in [0.15, 0.2) is 0 Å². The van der Waals surface area contributed by atoms with E-state index in [2.05, 4.69) is 49.3 Å². The van der Waals surface area contributed by atoms with Gasteiger partial charge in [0, 0.05) is 0 Å². The summed E-state index contributed by atoms with van der Waals surface area (Å²) < 4.78 is 7.07. The zero-order valence-corrected chi connectivity index (χ0v) is 11.3. The minimum atomic E-state index is -0.530. The van der Waals surface area contributed by atoms with Crippen LogP contribution in [0.25, 0.3) is 0 Å². The molecule has 0 aromatic carbocycles. The van der Waals surface area contributed by atoms with Gasteiger partial charge < -0.3 is 0 Å². The molecule has 11 heavy (non-hydrogen) atoms. The Balaban J connectivity index is 3.44. The van der Waals surface area contributed by atoms with Crippen molar-refractivity contribution in [3.63, 3.8) is 0 Å². The number of hydrogen-bond acceptors (Lipinski definition) is 2. The van der Waals surface area contributed by atoms with E-state index in [0.717, 1.165) is 0 Å². The van der Waals surface area contributed by atoms with Crippen LogP contribution in [0.5, 0.6) is 0 Å². The average molecular weight is 328 g/mol. The first-order valence-corrected chi connectivity index (χ1v) is 6.84. The van der Waals surface area contributed by atoms with E-state index >= 15 is 0 Å². The summed E-state index contributed by atoms with van der Waals surface area (Å²) in [5, 5.41) is 0. The van der Waals surface area contributed by atoms with Crippen LogP contribution >= 0.6 is 0 Å². The van der Waals surface area contributed by atoms with Gasteiger partial charge in [-0.1, -0.05) is 0 Å². The Bertz CT molecular complexity index is 96.2. The third kappa shape index (κ3) is 10.6. The molecule has 2 nitrogen and oxygen atoms in total. The van der Waals surface area contributed by atoms with Crippen LogP contribution in [-0.4, -0.2) is 11.1 Å². The summed E-state index contributed by atoms with van der Waals surface area (Å²) in [4.78, 5) is 0. The van der Waals surface area contributed by atoms with Gasteiger partial charge in [-0.3, -0.25) is 0 Å². The van der Waals surface area contributed by atoms with Gasteiger partial charge in [-0.05, 0) is 0 Å². The van der Waals surface area contributed by atoms with Gasteiger partial charge in [0.1, 0.15) is 0 Å². The van der Waals surface area contributed by atoms with Crippen molar-refractivity contribution in [3.05, 3.63) is 0 Å². The van der Waals surface area contributed by atoms with Crippen LogP contribution in [0.2, 0.25) is 0 Å². The Labute approximate surface area is 79.6 Å². The molecule has 0 amide bonds. The topological polar surface area (TPSA) is 24.1 Å². The summed E-state index contributed by atoms with van der Waals surface area (Å²) >= 11 is -0.530. The van der Waals surface area contributed by atoms with Crippen molar-refractivity contribution in [1.29, 1.82) is 0 Å². The first kappa shape index (κ1) is 11.6. The number of nitrogens with one attached hydrogen (secondary N) is 2. The monoisotopic (exact) mass is 328 g/mol. The maximum absolute atomic E-state index is 3.53. The minimum absolute atomic E-state index is 0.281. The SMILES string of the molecule is CC(C)(C)[NH][W][NH]C(C)(C)C. The first-order chi connectivity index (χ1) is 4.71. The predicted molar refractivity (Wildman–Crippen MR) is 45.8 cm³/mol. The zero-order chi connectivity index (χ0) is 9.12. The second kappa shape index (κ2) is 4.02. The molecule has 0 saturated heterocycles. The molecule has 0 heterocycles. The molecular weight excluding hydrogens is 308 g/mol. The van der Waals surface area contributed by atoms with Crippen LogP contribution in [-0.2, 0) is 19.1 Å². The van der Waals surface area contributed by atoms with E-state index < -0.39 is 19.1 Å². The van der Waals surface area contributed by atoms with E-state index in [1.807, 2.05) is 0 Å². The summed E-state index contributed by atoms with van der Waals surface area (Å²) in [7, 11) is 0. The van der Waals surface area contributed by atoms with E-state index in [4.69, 9.17) is 0 Å². The zero-order valence-electron chi connectivity index (χ0n) is 8.41. The molecule has 0 fully saturated rings. The Morgan fingerprint density at radius 1 is 0.727 bits per heavy atom. The van der Waals surface area contributed by atoms with Crippen molar-refractivity contribution in [2.75, 3.05) is 0 Å². The molecule has 2 N–H and O–H groups in total. The summed E-state index contributed by atoms with van der Waals surface area (Å²) in [5.74, 6) is 0. The summed E-state index contributed by atoms with van der Waals surface area (Å²) in [6.45, 7) is 13.2. The summed E-state index contributed by atoms with van der Waals surface area (Å²) in [6.07, 6.45) is 0. The predicted octanol–water partition coefficient (Wildman–Crippen LogP) is 1.68. The van der Waals surface area contributed by atoms with E-state index in [9.17, 15) is 0 Å². The molecule has 0 aliphatic carbocycles. The molecule has 0 aliphatic rings. The third-order valence-electron chi connectivity index (χ3n) is 0.714. The van der Waals surface area contributed by atoms with Gasteiger partial charge in [0.25, 0.3) is 0 Å². The third-order valence-corrected chi connectivity index (χ3v) is 5.85. The van der Waals surface area contributed by atoms with Crippen molar-refractivity contribution in [1.82, 2.24) is 7.75 Å². The van der Waals surface area contributed by atoms with Crippen LogP contribution < -0.4 is 7.75 Å². The molecule has 3 heteroatoms. The van der Waals surface area contributed by atoms with E-state index in [0.29, 0.717) is 0 Å². The second-order valence-corrected chi connectivity index (χ2v) is 7.01. The van der Waals surface area contributed by atoms with Crippen LogP contribution in [0.1, 0.15) is 41.5 Å². The van der Waals surface area contributed by atoms with Crippen molar-refractivity contribution in [2.24, 2.45) is 0 Å². The Morgan fingerprint density at radius 3 is 1.18 bits per heavy atom. The summed E-state index contributed by atoms with van der Waals surface area (Å²) in [6, 6.07) is 0. The molecule has 0 atom stereocenters. The Morgan fingerprint density at radius 2 is 1.00 bits per heavy atom. The fourth-order valence-corrected chi connectivity index (χ4v) is 2.72. The van der Waals surface area contributed by atoms with Crippen LogP contribution in [0, 0.1) is 0 Å². The molecule has 0 spiro atoms. The fraction of sp³-hybridized carbons (Fsp3) is 1.00. The molecule has 0 radical (unpaired) electrons. The Hall–Kier alpha value is 0.608. The quantitative estimate of drug-likeness (QED) is 0.806. The van der Waals surface area contributed by atoms with Crippen molar-refractivity contribution >= 4 is 0 Å². The van der Waals surface area contributed by atoms with Gasteiger partial charge in [0.15, 0.2) is 0 Å². The maximum atomic E-state index is 3.53. The van der Waals surface area contributed by atoms with Crippen molar-refractivity contribution < 1.29 is 19.1 Å². The molecule has 68 valence electrons. The van der Waals surface area contributed by atoms with Gasteiger partial charge in [-0.2, -0.15) is 0 Å². The number of rotatable bonds is 2. The number of hydrogen-bond donors (Lipinski definition) is 2. The molecule has 0 unspecified atom stereocenters. The first-order valence-electron chi connectivity index (χ1n) is 3.91. The average Bonchev–Trinajstić information content (AvgIpc) is 1.55. The van der Waals surface area contributed by atoms with Crippen LogP contribution in [0.3, 0.4) is 0 Å². The van der Waals surface area contributed by atoms with Gasteiger partial charge in [0.05, 0.1) is 0 Å². The van der Waals surface area contributed by atoms with Crippen molar-refractivity contribution in [2.45, 2.75) is 52.6 Å². The fourth-order valence-electron chi connectivity index (χ4n) is 0.332. The molecule has 0 bridgehead atoms. The molecule has 0 aromatic heterocycles. The molecular formula is C8H20N2W. The summed E-state index contributed by atoms with van der Waals surface area (Å²) in [5.41, 5.74) is 0.561. The Kier molecular flexibility index (Phi) is 4.24. The van der Waals surface area contributed by atoms with Gasteiger partial charge >= 0.3 is 79.4 Å². The van der Waals surface area contributed by atoms with Gasteiger partial charge in [0.2, 0.25) is 0 Å². The normalized spacial score (nSPS) is 13.6. The van der Waals surface area contributed by atoms with E-state index in [-0.39, 0.29) is 11.1 Å². The van der Waals surface area contributed by atoms with Gasteiger partial charge in [-0.25, -0.2) is 0 Å². The standard InChI is InChI=1S/2C4H10N.W/c2*1-4(2,3)5;/h2*5H,1-3H3;/q2*-1;+2. The molecule has 0 aromatic rings.